The average Bonchev–Trinajstić information content (AvgIpc) is 2.19. The molecule has 2 nitrogen and oxygen atoms in total. The molecule has 3 N–H and O–H groups in total. The molecule has 1 rings (SSSR count). The van der Waals surface area contributed by atoms with Gasteiger partial charge in [0.1, 0.15) is 0 Å². The minimum atomic E-state index is -0.0264. The lowest BCUT2D eigenvalue weighted by atomic mass is 9.88. The van der Waals surface area contributed by atoms with Crippen molar-refractivity contribution < 1.29 is 0 Å². The van der Waals surface area contributed by atoms with Crippen molar-refractivity contribution in [2.24, 2.45) is 11.7 Å². The lowest BCUT2D eigenvalue weighted by Crippen LogP contribution is -2.47. The topological polar surface area (TPSA) is 38.0 Å². The molecule has 2 heteroatoms. The van der Waals surface area contributed by atoms with Crippen LogP contribution in [0.3, 0.4) is 0 Å². The van der Waals surface area contributed by atoms with E-state index in [0.29, 0.717) is 12.5 Å². The summed E-state index contributed by atoms with van der Waals surface area (Å²) < 4.78 is 0. The number of nitrogens with one attached hydrogen (secondary N) is 1. The largest absolute Gasteiger partial charge is 0.378 e. The van der Waals surface area contributed by atoms with Crippen LogP contribution in [0.5, 0.6) is 0 Å². The van der Waals surface area contributed by atoms with Crippen molar-refractivity contribution in [2.45, 2.75) is 26.3 Å². The fraction of sp³-hybridized carbons (Fsp3) is 0.500. The molecule has 1 unspecified atom stereocenters. The van der Waals surface area contributed by atoms with Crippen LogP contribution in [-0.4, -0.2) is 12.1 Å². The van der Waals surface area contributed by atoms with E-state index in [0.717, 1.165) is 5.69 Å². The molecule has 0 spiro atoms. The van der Waals surface area contributed by atoms with Gasteiger partial charge in [0, 0.05) is 17.8 Å². The van der Waals surface area contributed by atoms with Crippen molar-refractivity contribution in [3.05, 3.63) is 30.3 Å². The summed E-state index contributed by atoms with van der Waals surface area (Å²) >= 11 is 0. The van der Waals surface area contributed by atoms with Gasteiger partial charge in [-0.25, -0.2) is 0 Å². The highest BCUT2D eigenvalue weighted by atomic mass is 15.0. The van der Waals surface area contributed by atoms with Gasteiger partial charge in [0.25, 0.3) is 0 Å². The zero-order valence-electron chi connectivity index (χ0n) is 9.25. The van der Waals surface area contributed by atoms with Gasteiger partial charge in [0.15, 0.2) is 0 Å². The Kier molecular flexibility index (Phi) is 3.53. The second-order valence-electron chi connectivity index (χ2n) is 4.27. The molecule has 1 atom stereocenters. The highest BCUT2D eigenvalue weighted by Gasteiger charge is 2.25. The van der Waals surface area contributed by atoms with Crippen molar-refractivity contribution in [3.8, 4) is 0 Å². The maximum absolute atomic E-state index is 5.79. The molecule has 1 aromatic carbocycles. The van der Waals surface area contributed by atoms with Gasteiger partial charge in [-0.15, -0.1) is 0 Å². The van der Waals surface area contributed by atoms with Crippen molar-refractivity contribution in [3.63, 3.8) is 0 Å². The molecule has 0 aliphatic rings. The van der Waals surface area contributed by atoms with E-state index in [1.807, 2.05) is 18.2 Å². The maximum atomic E-state index is 5.79. The zero-order valence-corrected chi connectivity index (χ0v) is 9.25. The molecule has 0 bridgehead atoms. The summed E-state index contributed by atoms with van der Waals surface area (Å²) in [5, 5.41) is 3.48. The number of nitrogens with two attached hydrogens (primary N) is 1. The number of hydrogen-bond donors (Lipinski definition) is 2. The van der Waals surface area contributed by atoms with Crippen LogP contribution < -0.4 is 11.1 Å². The first-order chi connectivity index (χ1) is 6.58. The second kappa shape index (κ2) is 4.47. The monoisotopic (exact) mass is 192 g/mol. The van der Waals surface area contributed by atoms with Gasteiger partial charge in [-0.3, -0.25) is 0 Å². The van der Waals surface area contributed by atoms with Crippen LogP contribution in [0.4, 0.5) is 5.69 Å². The Morgan fingerprint density at radius 2 is 1.86 bits per heavy atom. The van der Waals surface area contributed by atoms with E-state index in [2.05, 4.69) is 38.2 Å². The minimum Gasteiger partial charge on any atom is -0.378 e. The molecule has 14 heavy (non-hydrogen) atoms. The summed E-state index contributed by atoms with van der Waals surface area (Å²) in [6.07, 6.45) is 0. The molecule has 0 saturated carbocycles. The molecule has 78 valence electrons. The molecule has 0 fully saturated rings. The van der Waals surface area contributed by atoms with Crippen molar-refractivity contribution in [2.75, 3.05) is 11.9 Å². The smallest absolute Gasteiger partial charge is 0.0490 e. The van der Waals surface area contributed by atoms with Crippen LogP contribution in [0, 0.1) is 5.92 Å². The third-order valence-electron chi connectivity index (χ3n) is 2.90. The molecular formula is C12H20N2. The number of rotatable bonds is 4. The Morgan fingerprint density at radius 1 is 1.29 bits per heavy atom. The molecule has 0 aliphatic carbocycles. The van der Waals surface area contributed by atoms with E-state index >= 15 is 0 Å². The molecule has 0 aliphatic heterocycles. The number of para-hydroxylation sites is 1. The summed E-state index contributed by atoms with van der Waals surface area (Å²) in [7, 11) is 0. The molecule has 0 radical (unpaired) electrons. The van der Waals surface area contributed by atoms with Crippen molar-refractivity contribution in [1.82, 2.24) is 0 Å². The normalized spacial score (nSPS) is 15.2. The molecule has 0 saturated heterocycles. The first-order valence-electron chi connectivity index (χ1n) is 5.12. The summed E-state index contributed by atoms with van der Waals surface area (Å²) in [5.41, 5.74) is 6.90. The lowest BCUT2D eigenvalue weighted by Gasteiger charge is -2.34. The van der Waals surface area contributed by atoms with Gasteiger partial charge in [0.05, 0.1) is 0 Å². The highest BCUT2D eigenvalue weighted by Crippen LogP contribution is 2.21. The van der Waals surface area contributed by atoms with E-state index in [-0.39, 0.29) is 5.54 Å². The number of anilines is 1. The number of benzene rings is 1. The van der Waals surface area contributed by atoms with Gasteiger partial charge in [-0.1, -0.05) is 32.0 Å². The second-order valence-corrected chi connectivity index (χ2v) is 4.27. The fourth-order valence-corrected chi connectivity index (χ4v) is 1.28. The zero-order chi connectivity index (χ0) is 10.6. The van der Waals surface area contributed by atoms with Crippen LogP contribution in [0.25, 0.3) is 0 Å². The summed E-state index contributed by atoms with van der Waals surface area (Å²) in [6.45, 7) is 7.16. The molecule has 0 amide bonds. The molecule has 0 heterocycles. The first-order valence-corrected chi connectivity index (χ1v) is 5.12. The summed E-state index contributed by atoms with van der Waals surface area (Å²) in [4.78, 5) is 0. The van der Waals surface area contributed by atoms with Crippen LogP contribution in [0.15, 0.2) is 30.3 Å². The summed E-state index contributed by atoms with van der Waals surface area (Å²) in [5.74, 6) is 0.507. The van der Waals surface area contributed by atoms with Gasteiger partial charge in [-0.2, -0.15) is 0 Å². The Balaban J connectivity index is 2.76. The Bertz CT molecular complexity index is 269. The van der Waals surface area contributed by atoms with Gasteiger partial charge >= 0.3 is 0 Å². The SMILES string of the molecule is CC(C)C(C)(CN)Nc1ccccc1. The molecule has 0 aromatic heterocycles. The van der Waals surface area contributed by atoms with E-state index in [1.54, 1.807) is 0 Å². The quantitative estimate of drug-likeness (QED) is 0.769. The standard InChI is InChI=1S/C12H20N2/c1-10(2)12(3,9-13)14-11-7-5-4-6-8-11/h4-8,10,14H,9,13H2,1-3H3. The Labute approximate surface area is 86.5 Å². The number of hydrogen-bond acceptors (Lipinski definition) is 2. The third kappa shape index (κ3) is 2.48. The van der Waals surface area contributed by atoms with Gasteiger partial charge in [-0.05, 0) is 25.0 Å². The van der Waals surface area contributed by atoms with E-state index in [9.17, 15) is 0 Å². The first kappa shape index (κ1) is 11.1. The van der Waals surface area contributed by atoms with E-state index < -0.39 is 0 Å². The van der Waals surface area contributed by atoms with Crippen molar-refractivity contribution in [1.29, 1.82) is 0 Å². The maximum Gasteiger partial charge on any atom is 0.0490 e. The predicted octanol–water partition coefficient (Wildman–Crippen LogP) is 2.47. The summed E-state index contributed by atoms with van der Waals surface area (Å²) in [6, 6.07) is 10.2. The van der Waals surface area contributed by atoms with Crippen LogP contribution in [-0.2, 0) is 0 Å². The Morgan fingerprint density at radius 3 is 2.29 bits per heavy atom. The van der Waals surface area contributed by atoms with Crippen LogP contribution in [0.1, 0.15) is 20.8 Å². The van der Waals surface area contributed by atoms with E-state index in [1.165, 1.54) is 0 Å². The van der Waals surface area contributed by atoms with Crippen molar-refractivity contribution >= 4 is 5.69 Å². The highest BCUT2D eigenvalue weighted by molar-refractivity contribution is 5.45. The average molecular weight is 192 g/mol. The van der Waals surface area contributed by atoms with Crippen LogP contribution in [0.2, 0.25) is 0 Å². The lowest BCUT2D eigenvalue weighted by molar-refractivity contribution is 0.382. The fourth-order valence-electron chi connectivity index (χ4n) is 1.28. The minimum absolute atomic E-state index is 0.0264. The van der Waals surface area contributed by atoms with Gasteiger partial charge in [0.2, 0.25) is 0 Å². The Hall–Kier alpha value is -1.02. The van der Waals surface area contributed by atoms with Gasteiger partial charge < -0.3 is 11.1 Å². The van der Waals surface area contributed by atoms with Crippen LogP contribution >= 0.6 is 0 Å². The molecule has 1 aromatic rings. The molecular weight excluding hydrogens is 172 g/mol. The third-order valence-corrected chi connectivity index (χ3v) is 2.90. The predicted molar refractivity (Wildman–Crippen MR) is 62.4 cm³/mol. The van der Waals surface area contributed by atoms with E-state index in [4.69, 9.17) is 5.73 Å².